The molecule has 2 aromatic rings. The summed E-state index contributed by atoms with van der Waals surface area (Å²) in [4.78, 5) is 0. The van der Waals surface area contributed by atoms with Crippen LogP contribution in [0, 0.1) is 0 Å². The highest BCUT2D eigenvalue weighted by Gasteiger charge is 2.10. The maximum absolute atomic E-state index is 9.40. The maximum Gasteiger partial charge on any atom is 0.417 e. The Morgan fingerprint density at radius 3 is 2.62 bits per heavy atom. The van der Waals surface area contributed by atoms with Crippen molar-refractivity contribution in [1.82, 2.24) is 0 Å². The van der Waals surface area contributed by atoms with Crippen LogP contribution in [0.4, 0.5) is 0 Å². The predicted molar refractivity (Wildman–Crippen MR) is 47.9 cm³/mol. The number of fused-ring (bicyclic) bond motifs is 1. The Balaban J connectivity index is 2.74. The molecule has 1 aromatic heterocycles. The smallest absolute Gasteiger partial charge is 0.417 e. The van der Waals surface area contributed by atoms with E-state index in [9.17, 15) is 5.21 Å². The minimum absolute atomic E-state index is 0.429. The van der Waals surface area contributed by atoms with E-state index in [0.29, 0.717) is 5.88 Å². The lowest BCUT2D eigenvalue weighted by Gasteiger charge is -1.97. The number of nitrogens with zero attached hydrogens (tertiary/aromatic N) is 1. The van der Waals surface area contributed by atoms with Gasteiger partial charge >= 0.3 is 5.88 Å². The van der Waals surface area contributed by atoms with Crippen LogP contribution >= 0.6 is 0 Å². The average Bonchev–Trinajstić information content (AvgIpc) is 2.17. The first-order valence-electron chi connectivity index (χ1n) is 3.99. The van der Waals surface area contributed by atoms with Gasteiger partial charge in [-0.25, -0.2) is 0 Å². The van der Waals surface area contributed by atoms with Crippen molar-refractivity contribution >= 4 is 10.8 Å². The summed E-state index contributed by atoms with van der Waals surface area (Å²) in [7, 11) is 1.52. The number of rotatable bonds is 1. The van der Waals surface area contributed by atoms with Crippen LogP contribution in [-0.2, 0) is 0 Å². The van der Waals surface area contributed by atoms with Crippen LogP contribution in [0.25, 0.3) is 10.8 Å². The second-order valence-electron chi connectivity index (χ2n) is 2.79. The van der Waals surface area contributed by atoms with Gasteiger partial charge in [0.15, 0.2) is 0 Å². The molecule has 66 valence electrons. The van der Waals surface area contributed by atoms with E-state index >= 15 is 0 Å². The van der Waals surface area contributed by atoms with Crippen LogP contribution in [0.2, 0.25) is 0 Å². The Morgan fingerprint density at radius 1 is 1.23 bits per heavy atom. The van der Waals surface area contributed by atoms with Gasteiger partial charge < -0.3 is 4.74 Å². The Bertz CT molecular complexity index is 440. The summed E-state index contributed by atoms with van der Waals surface area (Å²) in [6.45, 7) is 0. The number of hydrogen-bond acceptors (Lipinski definition) is 2. The highest BCUT2D eigenvalue weighted by Crippen LogP contribution is 2.15. The van der Waals surface area contributed by atoms with Crippen molar-refractivity contribution in [2.45, 2.75) is 0 Å². The molecule has 0 aliphatic rings. The number of benzene rings is 1. The van der Waals surface area contributed by atoms with Gasteiger partial charge in [0.1, 0.15) is 0 Å². The van der Waals surface area contributed by atoms with Crippen molar-refractivity contribution in [3.8, 4) is 5.88 Å². The lowest BCUT2D eigenvalue weighted by molar-refractivity contribution is -0.905. The van der Waals surface area contributed by atoms with Crippen LogP contribution in [0.3, 0.4) is 0 Å². The van der Waals surface area contributed by atoms with Gasteiger partial charge in [0, 0.05) is 4.73 Å². The van der Waals surface area contributed by atoms with E-state index in [2.05, 4.69) is 0 Å². The third kappa shape index (κ3) is 1.28. The quantitative estimate of drug-likeness (QED) is 0.526. The lowest BCUT2D eigenvalue weighted by atomic mass is 10.2. The van der Waals surface area contributed by atoms with Gasteiger partial charge in [0.25, 0.3) is 0 Å². The van der Waals surface area contributed by atoms with E-state index in [1.54, 1.807) is 12.3 Å². The Morgan fingerprint density at radius 2 is 1.92 bits per heavy atom. The van der Waals surface area contributed by atoms with Gasteiger partial charge in [0.05, 0.1) is 18.6 Å². The van der Waals surface area contributed by atoms with E-state index < -0.39 is 0 Å². The molecule has 0 aliphatic heterocycles. The van der Waals surface area contributed by atoms with E-state index in [1.807, 2.05) is 24.3 Å². The highest BCUT2D eigenvalue weighted by atomic mass is 16.5. The zero-order chi connectivity index (χ0) is 9.26. The third-order valence-electron chi connectivity index (χ3n) is 1.97. The SMILES string of the molecule is COc1cc2ccccc2c[n+]1O. The topological polar surface area (TPSA) is 33.3 Å². The number of aromatic nitrogens is 1. The summed E-state index contributed by atoms with van der Waals surface area (Å²) in [5.41, 5.74) is 0. The van der Waals surface area contributed by atoms with Crippen molar-refractivity contribution in [2.24, 2.45) is 0 Å². The summed E-state index contributed by atoms with van der Waals surface area (Å²) in [6.07, 6.45) is 1.62. The molecule has 3 nitrogen and oxygen atoms in total. The second-order valence-corrected chi connectivity index (χ2v) is 2.79. The van der Waals surface area contributed by atoms with Crippen LogP contribution < -0.4 is 9.47 Å². The van der Waals surface area contributed by atoms with Crippen LogP contribution in [0.15, 0.2) is 36.5 Å². The third-order valence-corrected chi connectivity index (χ3v) is 1.97. The molecule has 1 heterocycles. The maximum atomic E-state index is 9.40. The van der Waals surface area contributed by atoms with Crippen molar-refractivity contribution in [3.05, 3.63) is 36.5 Å². The fourth-order valence-electron chi connectivity index (χ4n) is 1.31. The van der Waals surface area contributed by atoms with Crippen molar-refractivity contribution in [2.75, 3.05) is 7.11 Å². The molecule has 0 amide bonds. The van der Waals surface area contributed by atoms with Crippen LogP contribution in [-0.4, -0.2) is 12.3 Å². The summed E-state index contributed by atoms with van der Waals surface area (Å²) >= 11 is 0. The summed E-state index contributed by atoms with van der Waals surface area (Å²) < 4.78 is 5.94. The first kappa shape index (κ1) is 7.86. The molecule has 0 unspecified atom stereocenters. The van der Waals surface area contributed by atoms with Gasteiger partial charge in [0.2, 0.25) is 6.20 Å². The lowest BCUT2D eigenvalue weighted by Crippen LogP contribution is -2.31. The summed E-state index contributed by atoms with van der Waals surface area (Å²) in [6, 6.07) is 9.56. The largest absolute Gasteiger partial charge is 0.445 e. The molecule has 2 rings (SSSR count). The zero-order valence-corrected chi connectivity index (χ0v) is 7.27. The van der Waals surface area contributed by atoms with E-state index in [-0.39, 0.29) is 0 Å². The molecule has 1 aromatic carbocycles. The van der Waals surface area contributed by atoms with Crippen molar-refractivity contribution in [1.29, 1.82) is 0 Å². The molecule has 1 N–H and O–H groups in total. The minimum atomic E-state index is 0.429. The molecular formula is C10H10NO2+. The molecule has 0 atom stereocenters. The van der Waals surface area contributed by atoms with E-state index in [1.165, 1.54) is 7.11 Å². The highest BCUT2D eigenvalue weighted by molar-refractivity contribution is 5.81. The zero-order valence-electron chi connectivity index (χ0n) is 7.27. The normalized spacial score (nSPS) is 10.2. The fraction of sp³-hybridized carbons (Fsp3) is 0.100. The Labute approximate surface area is 75.8 Å². The van der Waals surface area contributed by atoms with E-state index in [4.69, 9.17) is 4.74 Å². The van der Waals surface area contributed by atoms with Gasteiger partial charge in [-0.05, 0) is 11.5 Å². The van der Waals surface area contributed by atoms with Crippen molar-refractivity contribution in [3.63, 3.8) is 0 Å². The molecule has 0 spiro atoms. The number of pyridine rings is 1. The molecular weight excluding hydrogens is 166 g/mol. The van der Waals surface area contributed by atoms with Crippen LogP contribution in [0.1, 0.15) is 0 Å². The first-order valence-corrected chi connectivity index (χ1v) is 3.99. The van der Waals surface area contributed by atoms with E-state index in [0.717, 1.165) is 15.5 Å². The van der Waals surface area contributed by atoms with Gasteiger partial charge in [-0.15, -0.1) is 0 Å². The minimum Gasteiger partial charge on any atom is -0.445 e. The van der Waals surface area contributed by atoms with Crippen molar-refractivity contribution < 1.29 is 14.7 Å². The number of hydrogen-bond donors (Lipinski definition) is 1. The standard InChI is InChI=1S/C10H10NO2/c1-13-10-6-8-4-2-3-5-9(8)7-11(10)12/h2-7,12H,1H3/q+1. The first-order chi connectivity index (χ1) is 6.31. The molecule has 3 heteroatoms. The second kappa shape index (κ2) is 2.94. The summed E-state index contributed by atoms with van der Waals surface area (Å²) in [5.74, 6) is 0.429. The molecule has 0 aliphatic carbocycles. The molecule has 0 saturated carbocycles. The van der Waals surface area contributed by atoms with Crippen LogP contribution in [0.5, 0.6) is 5.88 Å². The fourth-order valence-corrected chi connectivity index (χ4v) is 1.31. The number of ether oxygens (including phenoxy) is 1. The van der Waals surface area contributed by atoms with Gasteiger partial charge in [-0.3, -0.25) is 5.21 Å². The number of methoxy groups -OCH3 is 1. The molecule has 0 radical (unpaired) electrons. The van der Waals surface area contributed by atoms with Gasteiger partial charge in [-0.1, -0.05) is 18.2 Å². The van der Waals surface area contributed by atoms with Gasteiger partial charge in [-0.2, -0.15) is 0 Å². The monoisotopic (exact) mass is 176 g/mol. The molecule has 0 saturated heterocycles. The molecule has 13 heavy (non-hydrogen) atoms. The molecule has 0 bridgehead atoms. The predicted octanol–water partition coefficient (Wildman–Crippen LogP) is 1.37. The summed E-state index contributed by atoms with van der Waals surface area (Å²) in [5, 5.41) is 11.4. The molecule has 0 fully saturated rings. The Kier molecular flexibility index (Phi) is 1.77. The Hall–Kier alpha value is -1.77. The average molecular weight is 176 g/mol.